The van der Waals surface area contributed by atoms with Gasteiger partial charge in [0.1, 0.15) is 0 Å². The molecule has 0 bridgehead atoms. The van der Waals surface area contributed by atoms with Crippen molar-refractivity contribution in [3.63, 3.8) is 0 Å². The Hall–Kier alpha value is -3.11. The molecule has 0 radical (unpaired) electrons. The molecular formula is C24H27N3O. The van der Waals surface area contributed by atoms with E-state index in [0.29, 0.717) is 5.56 Å². The van der Waals surface area contributed by atoms with Gasteiger partial charge in [0.05, 0.1) is 11.4 Å². The maximum atomic E-state index is 12.8. The van der Waals surface area contributed by atoms with Crippen LogP contribution in [0.5, 0.6) is 0 Å². The number of hydrogen-bond acceptors (Lipinski definition) is 3. The molecular weight excluding hydrogens is 346 g/mol. The molecule has 0 saturated carbocycles. The molecule has 0 unspecified atom stereocenters. The average Bonchev–Trinajstić information content (AvgIpc) is 2.70. The van der Waals surface area contributed by atoms with E-state index in [2.05, 4.69) is 33.7 Å². The van der Waals surface area contributed by atoms with Crippen LogP contribution in [0.2, 0.25) is 0 Å². The average molecular weight is 374 g/mol. The Morgan fingerprint density at radius 1 is 0.857 bits per heavy atom. The Bertz CT molecular complexity index is 918. The normalized spacial score (nSPS) is 10.7. The number of hydrogen-bond donors (Lipinski definition) is 2. The molecule has 3 rings (SSSR count). The van der Waals surface area contributed by atoms with E-state index in [0.717, 1.165) is 35.6 Å². The highest BCUT2D eigenvalue weighted by molar-refractivity contribution is 6.06. The molecule has 0 aliphatic heterocycles. The lowest BCUT2D eigenvalue weighted by atomic mass is 10.0. The Labute approximate surface area is 167 Å². The van der Waals surface area contributed by atoms with Crippen molar-refractivity contribution >= 4 is 17.3 Å². The van der Waals surface area contributed by atoms with Crippen molar-refractivity contribution in [3.8, 4) is 11.1 Å². The molecule has 2 N–H and O–H groups in total. The standard InChI is InChI=1S/C24H27N3O/c1-4-25-22-15-14-21(19-8-6-5-7-9-19)16-23(22)26-24(28)20-12-10-18(11-13-20)17-27(2)3/h5-16,25H,4,17H2,1-3H3,(H,26,28). The van der Waals surface area contributed by atoms with Gasteiger partial charge in [-0.05, 0) is 62.0 Å². The Morgan fingerprint density at radius 3 is 2.21 bits per heavy atom. The summed E-state index contributed by atoms with van der Waals surface area (Å²) >= 11 is 0. The zero-order chi connectivity index (χ0) is 19.9. The van der Waals surface area contributed by atoms with Crippen LogP contribution in [0.25, 0.3) is 11.1 Å². The van der Waals surface area contributed by atoms with Crippen LogP contribution < -0.4 is 10.6 Å². The minimum atomic E-state index is -0.110. The van der Waals surface area contributed by atoms with Gasteiger partial charge in [0, 0.05) is 18.7 Å². The van der Waals surface area contributed by atoms with Crippen molar-refractivity contribution in [2.75, 3.05) is 31.3 Å². The van der Waals surface area contributed by atoms with Gasteiger partial charge in [0.15, 0.2) is 0 Å². The quantitative estimate of drug-likeness (QED) is 0.606. The van der Waals surface area contributed by atoms with Gasteiger partial charge in [0.2, 0.25) is 0 Å². The SMILES string of the molecule is CCNc1ccc(-c2ccccc2)cc1NC(=O)c1ccc(CN(C)C)cc1. The first-order chi connectivity index (χ1) is 13.6. The predicted molar refractivity (Wildman–Crippen MR) is 118 cm³/mol. The maximum absolute atomic E-state index is 12.8. The van der Waals surface area contributed by atoms with Gasteiger partial charge in [-0.1, -0.05) is 48.5 Å². The summed E-state index contributed by atoms with van der Waals surface area (Å²) in [4.78, 5) is 14.9. The second-order valence-corrected chi connectivity index (χ2v) is 7.05. The molecule has 0 aliphatic carbocycles. The van der Waals surface area contributed by atoms with Crippen LogP contribution in [0.4, 0.5) is 11.4 Å². The fourth-order valence-electron chi connectivity index (χ4n) is 3.12. The molecule has 4 heteroatoms. The van der Waals surface area contributed by atoms with Crippen LogP contribution in [0, 0.1) is 0 Å². The highest BCUT2D eigenvalue weighted by Crippen LogP contribution is 2.29. The molecule has 3 aromatic rings. The first kappa shape index (κ1) is 19.6. The number of carbonyl (C=O) groups excluding carboxylic acids is 1. The molecule has 0 saturated heterocycles. The number of nitrogens with one attached hydrogen (secondary N) is 2. The van der Waals surface area contributed by atoms with Crippen molar-refractivity contribution < 1.29 is 4.79 Å². The van der Waals surface area contributed by atoms with E-state index < -0.39 is 0 Å². The van der Waals surface area contributed by atoms with Gasteiger partial charge in [0.25, 0.3) is 5.91 Å². The van der Waals surface area contributed by atoms with Gasteiger partial charge in [-0.3, -0.25) is 4.79 Å². The lowest BCUT2D eigenvalue weighted by Gasteiger charge is -2.15. The van der Waals surface area contributed by atoms with E-state index >= 15 is 0 Å². The van der Waals surface area contributed by atoms with Crippen LogP contribution in [-0.2, 0) is 6.54 Å². The van der Waals surface area contributed by atoms with E-state index in [4.69, 9.17) is 0 Å². The van der Waals surface area contributed by atoms with Crippen LogP contribution in [0.15, 0.2) is 72.8 Å². The van der Waals surface area contributed by atoms with Crippen LogP contribution in [0.3, 0.4) is 0 Å². The third kappa shape index (κ3) is 4.99. The number of amides is 1. The Morgan fingerprint density at radius 2 is 1.57 bits per heavy atom. The van der Waals surface area contributed by atoms with Crippen LogP contribution in [-0.4, -0.2) is 31.4 Å². The lowest BCUT2D eigenvalue weighted by molar-refractivity contribution is 0.102. The van der Waals surface area contributed by atoms with Gasteiger partial charge in [-0.2, -0.15) is 0 Å². The number of nitrogens with zero attached hydrogens (tertiary/aromatic N) is 1. The summed E-state index contributed by atoms with van der Waals surface area (Å²) in [6, 6.07) is 24.0. The minimum absolute atomic E-state index is 0.110. The smallest absolute Gasteiger partial charge is 0.255 e. The van der Waals surface area contributed by atoms with Gasteiger partial charge >= 0.3 is 0 Å². The molecule has 0 heterocycles. The summed E-state index contributed by atoms with van der Waals surface area (Å²) in [5.41, 5.74) is 5.72. The van der Waals surface area contributed by atoms with Gasteiger partial charge in [-0.25, -0.2) is 0 Å². The van der Waals surface area contributed by atoms with E-state index in [-0.39, 0.29) is 5.91 Å². The van der Waals surface area contributed by atoms with Crippen molar-refractivity contribution in [2.24, 2.45) is 0 Å². The van der Waals surface area contributed by atoms with E-state index in [1.807, 2.05) is 75.6 Å². The van der Waals surface area contributed by atoms with Crippen molar-refractivity contribution in [2.45, 2.75) is 13.5 Å². The summed E-state index contributed by atoms with van der Waals surface area (Å²) < 4.78 is 0. The number of rotatable bonds is 7. The Kier molecular flexibility index (Phi) is 6.45. The minimum Gasteiger partial charge on any atom is -0.384 e. The summed E-state index contributed by atoms with van der Waals surface area (Å²) in [6.45, 7) is 3.68. The summed E-state index contributed by atoms with van der Waals surface area (Å²) in [7, 11) is 4.06. The second kappa shape index (κ2) is 9.20. The summed E-state index contributed by atoms with van der Waals surface area (Å²) in [5.74, 6) is -0.110. The van der Waals surface area contributed by atoms with E-state index in [1.165, 1.54) is 5.56 Å². The fraction of sp³-hybridized carbons (Fsp3) is 0.208. The van der Waals surface area contributed by atoms with Crippen molar-refractivity contribution in [3.05, 3.63) is 83.9 Å². The highest BCUT2D eigenvalue weighted by Gasteiger charge is 2.11. The monoisotopic (exact) mass is 373 g/mol. The fourth-order valence-corrected chi connectivity index (χ4v) is 3.12. The lowest BCUT2D eigenvalue weighted by Crippen LogP contribution is -2.14. The first-order valence-corrected chi connectivity index (χ1v) is 9.55. The van der Waals surface area contributed by atoms with Crippen molar-refractivity contribution in [1.29, 1.82) is 0 Å². The molecule has 144 valence electrons. The molecule has 4 nitrogen and oxygen atoms in total. The zero-order valence-electron chi connectivity index (χ0n) is 16.7. The third-order valence-electron chi connectivity index (χ3n) is 4.46. The third-order valence-corrected chi connectivity index (χ3v) is 4.46. The highest BCUT2D eigenvalue weighted by atomic mass is 16.1. The molecule has 1 amide bonds. The molecule has 0 aromatic heterocycles. The largest absolute Gasteiger partial charge is 0.384 e. The topological polar surface area (TPSA) is 44.4 Å². The van der Waals surface area contributed by atoms with Gasteiger partial charge < -0.3 is 15.5 Å². The molecule has 0 spiro atoms. The maximum Gasteiger partial charge on any atom is 0.255 e. The zero-order valence-corrected chi connectivity index (χ0v) is 16.7. The molecule has 0 fully saturated rings. The Balaban J connectivity index is 1.84. The second-order valence-electron chi connectivity index (χ2n) is 7.05. The van der Waals surface area contributed by atoms with Crippen LogP contribution in [0.1, 0.15) is 22.8 Å². The number of benzene rings is 3. The van der Waals surface area contributed by atoms with Gasteiger partial charge in [-0.15, -0.1) is 0 Å². The van der Waals surface area contributed by atoms with E-state index in [1.54, 1.807) is 0 Å². The molecule has 28 heavy (non-hydrogen) atoms. The first-order valence-electron chi connectivity index (χ1n) is 9.55. The van der Waals surface area contributed by atoms with Crippen LogP contribution >= 0.6 is 0 Å². The molecule has 0 atom stereocenters. The van der Waals surface area contributed by atoms with E-state index in [9.17, 15) is 4.79 Å². The predicted octanol–water partition coefficient (Wildman–Crippen LogP) is 5.10. The molecule has 0 aliphatic rings. The number of carbonyl (C=O) groups is 1. The summed E-state index contributed by atoms with van der Waals surface area (Å²) in [5, 5.41) is 6.39. The van der Waals surface area contributed by atoms with Crippen molar-refractivity contribution in [1.82, 2.24) is 4.90 Å². The summed E-state index contributed by atoms with van der Waals surface area (Å²) in [6.07, 6.45) is 0. The molecule has 3 aromatic carbocycles. The number of anilines is 2.